The van der Waals surface area contributed by atoms with Crippen LogP contribution in [-0.2, 0) is 29.7 Å². The van der Waals surface area contributed by atoms with E-state index in [1.807, 2.05) is 54.6 Å². The molecule has 2 aromatic carbocycles. The monoisotopic (exact) mass is 477 g/mol. The van der Waals surface area contributed by atoms with Gasteiger partial charge in [0.2, 0.25) is 0 Å². The number of aromatic nitrogens is 3. The Morgan fingerprint density at radius 1 is 1.14 bits per heavy atom. The summed E-state index contributed by atoms with van der Waals surface area (Å²) in [6.07, 6.45) is 2.83. The average Bonchev–Trinajstić information content (AvgIpc) is 3.23. The predicted octanol–water partition coefficient (Wildman–Crippen LogP) is 4.31. The molecule has 0 saturated heterocycles. The van der Waals surface area contributed by atoms with Crippen molar-refractivity contribution >= 4 is 17.7 Å². The van der Waals surface area contributed by atoms with Crippen LogP contribution >= 0.6 is 0 Å². The predicted molar refractivity (Wildman–Crippen MR) is 132 cm³/mol. The lowest BCUT2D eigenvalue weighted by atomic mass is 9.85. The number of aryl methyl sites for hydroxylation is 1. The van der Waals surface area contributed by atoms with Gasteiger partial charge < -0.3 is 20.1 Å². The van der Waals surface area contributed by atoms with E-state index in [1.165, 1.54) is 4.90 Å². The molecule has 1 aromatic heterocycles. The minimum Gasteiger partial charge on any atom is -0.481 e. The molecule has 1 aliphatic rings. The summed E-state index contributed by atoms with van der Waals surface area (Å²) in [5, 5.41) is 21.2. The summed E-state index contributed by atoms with van der Waals surface area (Å²) in [5.74, 6) is -0.994. The van der Waals surface area contributed by atoms with E-state index in [0.29, 0.717) is 24.4 Å². The Morgan fingerprint density at radius 3 is 2.60 bits per heavy atom. The third-order valence-electron chi connectivity index (χ3n) is 6.40. The molecule has 0 radical (unpaired) electrons. The first-order chi connectivity index (χ1) is 16.9. The van der Waals surface area contributed by atoms with Gasteiger partial charge in [-0.2, -0.15) is 0 Å². The van der Waals surface area contributed by atoms with E-state index >= 15 is 0 Å². The summed E-state index contributed by atoms with van der Waals surface area (Å²) in [5.41, 5.74) is 4.17. The topological polar surface area (TPSA) is 110 Å². The molecule has 0 bridgehead atoms. The zero-order chi connectivity index (χ0) is 24.8. The number of ether oxygens (including phenoxy) is 1. The third-order valence-corrected chi connectivity index (χ3v) is 6.40. The van der Waals surface area contributed by atoms with Crippen molar-refractivity contribution in [2.75, 3.05) is 12.4 Å². The van der Waals surface area contributed by atoms with Crippen LogP contribution in [0, 0.1) is 5.92 Å². The second-order valence-corrected chi connectivity index (χ2v) is 9.02. The molecule has 3 aromatic rings. The number of carboxylic acids is 1. The van der Waals surface area contributed by atoms with Crippen LogP contribution in [0.15, 0.2) is 54.6 Å². The lowest BCUT2D eigenvalue weighted by Gasteiger charge is -2.28. The Kier molecular flexibility index (Phi) is 7.64. The maximum atomic E-state index is 12.5. The molecule has 9 heteroatoms. The normalized spacial score (nSPS) is 17.5. The summed E-state index contributed by atoms with van der Waals surface area (Å²) < 4.78 is 7.15. The number of nitrogens with zero attached hydrogens (tertiary/aromatic N) is 4. The average molecular weight is 478 g/mol. The van der Waals surface area contributed by atoms with E-state index in [9.17, 15) is 14.7 Å². The number of rotatable bonds is 8. The smallest absolute Gasteiger partial charge is 0.410 e. The van der Waals surface area contributed by atoms with Gasteiger partial charge >= 0.3 is 12.1 Å². The Labute approximate surface area is 204 Å². The van der Waals surface area contributed by atoms with Crippen LogP contribution in [0.5, 0.6) is 0 Å². The van der Waals surface area contributed by atoms with Crippen molar-refractivity contribution in [2.45, 2.75) is 44.9 Å². The number of aliphatic carboxylic acids is 1. The van der Waals surface area contributed by atoms with E-state index in [0.717, 1.165) is 36.1 Å². The fourth-order valence-corrected chi connectivity index (χ4v) is 4.43. The zero-order valence-electron chi connectivity index (χ0n) is 20.1. The molecule has 1 heterocycles. The van der Waals surface area contributed by atoms with E-state index in [4.69, 9.17) is 4.74 Å². The first kappa shape index (κ1) is 24.3. The van der Waals surface area contributed by atoms with Crippen LogP contribution in [0.2, 0.25) is 0 Å². The number of carbonyl (C=O) groups is 2. The Bertz CT molecular complexity index is 1150. The van der Waals surface area contributed by atoms with Gasteiger partial charge in [0.1, 0.15) is 18.0 Å². The number of anilines is 1. The summed E-state index contributed by atoms with van der Waals surface area (Å²) in [6, 6.07) is 17.7. The molecule has 2 atom stereocenters. The lowest BCUT2D eigenvalue weighted by Crippen LogP contribution is -2.30. The van der Waals surface area contributed by atoms with Crippen LogP contribution in [0.1, 0.15) is 36.9 Å². The number of hydrogen-bond acceptors (Lipinski definition) is 6. The third kappa shape index (κ3) is 6.17. The highest BCUT2D eigenvalue weighted by atomic mass is 16.6. The van der Waals surface area contributed by atoms with Crippen molar-refractivity contribution in [3.05, 3.63) is 65.9 Å². The first-order valence-electron chi connectivity index (χ1n) is 11.8. The Morgan fingerprint density at radius 2 is 1.89 bits per heavy atom. The fourth-order valence-electron chi connectivity index (χ4n) is 4.43. The van der Waals surface area contributed by atoms with Crippen LogP contribution in [0.4, 0.5) is 10.5 Å². The molecule has 35 heavy (non-hydrogen) atoms. The highest BCUT2D eigenvalue weighted by Gasteiger charge is 2.27. The van der Waals surface area contributed by atoms with Crippen molar-refractivity contribution in [3.63, 3.8) is 0 Å². The zero-order valence-corrected chi connectivity index (χ0v) is 20.1. The van der Waals surface area contributed by atoms with Gasteiger partial charge in [-0.15, -0.1) is 5.10 Å². The van der Waals surface area contributed by atoms with Gasteiger partial charge in [0.05, 0.1) is 5.92 Å². The summed E-state index contributed by atoms with van der Waals surface area (Å²) in [7, 11) is 3.47. The summed E-state index contributed by atoms with van der Waals surface area (Å²) in [6.45, 7) is 0.508. The van der Waals surface area contributed by atoms with Crippen molar-refractivity contribution in [2.24, 2.45) is 13.0 Å². The lowest BCUT2D eigenvalue weighted by molar-refractivity contribution is -0.142. The van der Waals surface area contributed by atoms with E-state index in [2.05, 4.69) is 15.6 Å². The fraction of sp³-hybridized carbons (Fsp3) is 0.385. The van der Waals surface area contributed by atoms with Gasteiger partial charge in [0.25, 0.3) is 0 Å². The van der Waals surface area contributed by atoms with Crippen LogP contribution in [0.25, 0.3) is 11.3 Å². The standard InChI is InChI=1S/C26H31N5O4/c1-30(16-18-7-4-3-5-8-18)26(34)35-17-23-24(28-29-31(23)2)19-11-13-21(14-12-19)27-22-10-6-9-20(15-22)25(32)33/h3-5,7-8,11-14,20,22,27H,6,9-10,15-17H2,1-2H3,(H,32,33). The van der Waals surface area contributed by atoms with Gasteiger partial charge in [0.15, 0.2) is 0 Å². The van der Waals surface area contributed by atoms with Gasteiger partial charge in [-0.25, -0.2) is 9.48 Å². The molecule has 4 rings (SSSR count). The quantitative estimate of drug-likeness (QED) is 0.498. The molecule has 1 amide bonds. The van der Waals surface area contributed by atoms with Crippen molar-refractivity contribution in [1.29, 1.82) is 0 Å². The highest BCUT2D eigenvalue weighted by molar-refractivity contribution is 5.70. The number of benzene rings is 2. The second-order valence-electron chi connectivity index (χ2n) is 9.02. The molecular weight excluding hydrogens is 446 g/mol. The largest absolute Gasteiger partial charge is 0.481 e. The van der Waals surface area contributed by atoms with E-state index in [-0.39, 0.29) is 18.6 Å². The van der Waals surface area contributed by atoms with Crippen molar-refractivity contribution in [3.8, 4) is 11.3 Å². The van der Waals surface area contributed by atoms with Crippen LogP contribution in [0.3, 0.4) is 0 Å². The number of amides is 1. The molecule has 184 valence electrons. The van der Waals surface area contributed by atoms with Crippen molar-refractivity contribution in [1.82, 2.24) is 19.9 Å². The molecule has 0 spiro atoms. The highest BCUT2D eigenvalue weighted by Crippen LogP contribution is 2.28. The van der Waals surface area contributed by atoms with Gasteiger partial charge in [-0.3, -0.25) is 4.79 Å². The molecule has 1 fully saturated rings. The van der Waals surface area contributed by atoms with Gasteiger partial charge in [0, 0.05) is 37.9 Å². The maximum Gasteiger partial charge on any atom is 0.410 e. The molecule has 1 aliphatic carbocycles. The van der Waals surface area contributed by atoms with E-state index < -0.39 is 12.1 Å². The Balaban J connectivity index is 1.37. The number of carboxylic acid groups (broad SMARTS) is 1. The maximum absolute atomic E-state index is 12.5. The van der Waals surface area contributed by atoms with Crippen molar-refractivity contribution < 1.29 is 19.4 Å². The summed E-state index contributed by atoms with van der Waals surface area (Å²) in [4.78, 5) is 25.4. The first-order valence-corrected chi connectivity index (χ1v) is 11.8. The van der Waals surface area contributed by atoms with E-state index in [1.54, 1.807) is 18.8 Å². The van der Waals surface area contributed by atoms with Crippen LogP contribution < -0.4 is 5.32 Å². The number of nitrogens with one attached hydrogen (secondary N) is 1. The molecule has 9 nitrogen and oxygen atoms in total. The van der Waals surface area contributed by atoms with Gasteiger partial charge in [-0.05, 0) is 37.0 Å². The SMILES string of the molecule is CN(Cc1ccccc1)C(=O)OCc1c(-c2ccc(NC3CCCC(C(=O)O)C3)cc2)nnn1C. The summed E-state index contributed by atoms with van der Waals surface area (Å²) >= 11 is 0. The van der Waals surface area contributed by atoms with Gasteiger partial charge in [-0.1, -0.05) is 54.1 Å². The second kappa shape index (κ2) is 11.0. The number of carbonyl (C=O) groups excluding carboxylic acids is 1. The molecule has 0 aliphatic heterocycles. The number of hydrogen-bond donors (Lipinski definition) is 2. The molecule has 2 N–H and O–H groups in total. The Hall–Kier alpha value is -3.88. The minimum absolute atomic E-state index is 0.0510. The molecular formula is C26H31N5O4. The molecule has 2 unspecified atom stereocenters. The van der Waals surface area contributed by atoms with Crippen LogP contribution in [-0.4, -0.2) is 50.2 Å². The minimum atomic E-state index is -0.714. The molecule has 1 saturated carbocycles.